The average molecular weight is 519 g/mol. The molecule has 1 aliphatic carbocycles. The van der Waals surface area contributed by atoms with Gasteiger partial charge in [-0.2, -0.15) is 4.98 Å². The Morgan fingerprint density at radius 2 is 1.50 bits per heavy atom. The van der Waals surface area contributed by atoms with Crippen LogP contribution in [0.3, 0.4) is 0 Å². The van der Waals surface area contributed by atoms with E-state index in [0.29, 0.717) is 18.4 Å². The lowest BCUT2D eigenvalue weighted by atomic mass is 10.0. The number of rotatable bonds is 8. The maximum absolute atomic E-state index is 9.75. The number of aromatic nitrogens is 2. The van der Waals surface area contributed by atoms with Gasteiger partial charge < -0.3 is 15.7 Å². The zero-order chi connectivity index (χ0) is 25.9. The van der Waals surface area contributed by atoms with E-state index in [1.165, 1.54) is 11.1 Å². The quantitative estimate of drug-likeness (QED) is 0.201. The van der Waals surface area contributed by atoms with Gasteiger partial charge in [-0.15, -0.1) is 0 Å². The van der Waals surface area contributed by atoms with Gasteiger partial charge in [0.05, 0.1) is 18.2 Å². The molecule has 6 heteroatoms. The highest BCUT2D eigenvalue weighted by molar-refractivity contribution is 7.99. The summed E-state index contributed by atoms with van der Waals surface area (Å²) in [4.78, 5) is 12.0. The minimum absolute atomic E-state index is 0.0222. The van der Waals surface area contributed by atoms with E-state index in [1.54, 1.807) is 11.8 Å². The molecule has 6 rings (SSSR count). The van der Waals surface area contributed by atoms with Crippen LogP contribution in [0.25, 0.3) is 10.9 Å². The van der Waals surface area contributed by atoms with Gasteiger partial charge in [0, 0.05) is 21.7 Å². The predicted molar refractivity (Wildman–Crippen MR) is 155 cm³/mol. The molecule has 0 unspecified atom stereocenters. The number of anilines is 2. The lowest BCUT2D eigenvalue weighted by Crippen LogP contribution is -2.16. The Kier molecular flexibility index (Phi) is 6.99. The number of fused-ring (bicyclic) bond motifs is 2. The fourth-order valence-electron chi connectivity index (χ4n) is 5.20. The molecule has 4 aromatic carbocycles. The summed E-state index contributed by atoms with van der Waals surface area (Å²) in [6.45, 7) is 2.91. The molecule has 1 heterocycles. The van der Waals surface area contributed by atoms with Gasteiger partial charge in [-0.25, -0.2) is 4.98 Å². The monoisotopic (exact) mass is 518 g/mol. The summed E-state index contributed by atoms with van der Waals surface area (Å²) in [6, 6.07) is 33.4. The van der Waals surface area contributed by atoms with Crippen molar-refractivity contribution in [2.45, 2.75) is 42.3 Å². The lowest BCUT2D eigenvalue weighted by Gasteiger charge is -2.21. The molecular weight excluding hydrogens is 488 g/mol. The van der Waals surface area contributed by atoms with Crippen molar-refractivity contribution in [2.75, 3.05) is 10.6 Å². The SMILES string of the molecule is C[C@H]1Cc2ccccc2[C@H]1Nc1nc(NCc2ccccc2Sc2ccccc2CO)nc2ccccc12. The van der Waals surface area contributed by atoms with E-state index >= 15 is 0 Å². The van der Waals surface area contributed by atoms with Gasteiger partial charge >= 0.3 is 0 Å². The molecule has 1 aliphatic rings. The van der Waals surface area contributed by atoms with Crippen molar-refractivity contribution in [3.63, 3.8) is 0 Å². The first-order chi connectivity index (χ1) is 18.7. The molecule has 0 fully saturated rings. The highest BCUT2D eigenvalue weighted by Crippen LogP contribution is 2.39. The molecule has 3 N–H and O–H groups in total. The van der Waals surface area contributed by atoms with E-state index in [1.807, 2.05) is 54.6 Å². The van der Waals surface area contributed by atoms with Gasteiger partial charge in [-0.3, -0.25) is 0 Å². The molecule has 5 aromatic rings. The Labute approximate surface area is 227 Å². The molecule has 0 saturated heterocycles. The van der Waals surface area contributed by atoms with Gasteiger partial charge in [-0.05, 0) is 58.9 Å². The van der Waals surface area contributed by atoms with Crippen LogP contribution in [0.15, 0.2) is 107 Å². The van der Waals surface area contributed by atoms with Gasteiger partial charge in [0.1, 0.15) is 5.82 Å². The normalized spacial score (nSPS) is 16.4. The van der Waals surface area contributed by atoms with Crippen molar-refractivity contribution >= 4 is 34.4 Å². The zero-order valence-electron chi connectivity index (χ0n) is 21.3. The number of nitrogens with zero attached hydrogens (tertiary/aromatic N) is 2. The van der Waals surface area contributed by atoms with Crippen molar-refractivity contribution in [1.29, 1.82) is 0 Å². The van der Waals surface area contributed by atoms with Crippen molar-refractivity contribution in [1.82, 2.24) is 9.97 Å². The number of hydrogen-bond donors (Lipinski definition) is 3. The van der Waals surface area contributed by atoms with E-state index in [9.17, 15) is 5.11 Å². The van der Waals surface area contributed by atoms with Gasteiger partial charge in [0.25, 0.3) is 0 Å². The van der Waals surface area contributed by atoms with Crippen LogP contribution >= 0.6 is 11.8 Å². The second kappa shape index (κ2) is 10.9. The van der Waals surface area contributed by atoms with Crippen LogP contribution in [0.2, 0.25) is 0 Å². The van der Waals surface area contributed by atoms with Crippen LogP contribution in [0.1, 0.15) is 35.2 Å². The molecule has 0 aliphatic heterocycles. The summed E-state index contributed by atoms with van der Waals surface area (Å²) in [5, 5.41) is 18.0. The highest BCUT2D eigenvalue weighted by atomic mass is 32.2. The molecule has 0 spiro atoms. The summed E-state index contributed by atoms with van der Waals surface area (Å²) < 4.78 is 0. The van der Waals surface area contributed by atoms with E-state index in [0.717, 1.165) is 44.1 Å². The molecule has 190 valence electrons. The molecule has 0 bridgehead atoms. The highest BCUT2D eigenvalue weighted by Gasteiger charge is 2.29. The van der Waals surface area contributed by atoms with Gasteiger partial charge in [-0.1, -0.05) is 91.5 Å². The van der Waals surface area contributed by atoms with Gasteiger partial charge in [0.2, 0.25) is 5.95 Å². The minimum atomic E-state index is 0.0222. The number of nitrogens with one attached hydrogen (secondary N) is 2. The largest absolute Gasteiger partial charge is 0.392 e. The van der Waals surface area contributed by atoms with Crippen molar-refractivity contribution in [2.24, 2.45) is 5.92 Å². The topological polar surface area (TPSA) is 70.1 Å². The number of benzene rings is 4. The van der Waals surface area contributed by atoms with Crippen LogP contribution in [0.4, 0.5) is 11.8 Å². The molecule has 0 saturated carbocycles. The first-order valence-electron chi connectivity index (χ1n) is 13.0. The predicted octanol–water partition coefficient (Wildman–Crippen LogP) is 7.23. The third-order valence-electron chi connectivity index (χ3n) is 7.17. The summed E-state index contributed by atoms with van der Waals surface area (Å²) in [7, 11) is 0. The molecule has 0 radical (unpaired) electrons. The third kappa shape index (κ3) is 4.97. The fourth-order valence-corrected chi connectivity index (χ4v) is 6.27. The second-order valence-electron chi connectivity index (χ2n) is 9.74. The molecule has 0 amide bonds. The average Bonchev–Trinajstić information content (AvgIpc) is 3.27. The number of para-hydroxylation sites is 1. The first-order valence-corrected chi connectivity index (χ1v) is 13.8. The maximum Gasteiger partial charge on any atom is 0.225 e. The Bertz CT molecular complexity index is 1590. The minimum Gasteiger partial charge on any atom is -0.392 e. The van der Waals surface area contributed by atoms with Gasteiger partial charge in [0.15, 0.2) is 0 Å². The number of aliphatic hydroxyl groups excluding tert-OH is 1. The summed E-state index contributed by atoms with van der Waals surface area (Å²) in [6.07, 6.45) is 1.07. The molecular formula is C32H30N4OS. The Morgan fingerprint density at radius 3 is 2.34 bits per heavy atom. The van der Waals surface area contributed by atoms with E-state index in [4.69, 9.17) is 9.97 Å². The van der Waals surface area contributed by atoms with E-state index < -0.39 is 0 Å². The molecule has 5 nitrogen and oxygen atoms in total. The summed E-state index contributed by atoms with van der Waals surface area (Å²) >= 11 is 1.67. The smallest absolute Gasteiger partial charge is 0.225 e. The number of hydrogen-bond acceptors (Lipinski definition) is 6. The fraction of sp³-hybridized carbons (Fsp3) is 0.188. The third-order valence-corrected chi connectivity index (χ3v) is 8.41. The van der Waals surface area contributed by atoms with Crippen molar-refractivity contribution in [3.8, 4) is 0 Å². The maximum atomic E-state index is 9.75. The van der Waals surface area contributed by atoms with Crippen LogP contribution in [0.5, 0.6) is 0 Å². The standard InChI is InChI=1S/C32H30N4OS/c1-21-18-22-10-2-5-13-25(22)30(21)35-31-26-14-6-7-15-27(26)34-32(36-31)33-19-23-11-3-8-16-28(23)38-29-17-9-4-12-24(29)20-37/h2-17,21,30,37H,18-20H2,1H3,(H2,33,34,35,36)/t21-,30-/m0/s1. The van der Waals surface area contributed by atoms with E-state index in [-0.39, 0.29) is 12.6 Å². The molecule has 2 atom stereocenters. The summed E-state index contributed by atoms with van der Waals surface area (Å²) in [5.41, 5.74) is 5.75. The van der Waals surface area contributed by atoms with Crippen LogP contribution in [-0.4, -0.2) is 15.1 Å². The van der Waals surface area contributed by atoms with Crippen LogP contribution in [0, 0.1) is 5.92 Å². The Hall–Kier alpha value is -3.87. The van der Waals surface area contributed by atoms with Crippen molar-refractivity contribution in [3.05, 3.63) is 119 Å². The number of aliphatic hydroxyl groups is 1. The zero-order valence-corrected chi connectivity index (χ0v) is 22.1. The molecule has 1 aromatic heterocycles. The first kappa shape index (κ1) is 24.5. The summed E-state index contributed by atoms with van der Waals surface area (Å²) in [5.74, 6) is 1.93. The Morgan fingerprint density at radius 1 is 0.816 bits per heavy atom. The van der Waals surface area contributed by atoms with E-state index in [2.05, 4.69) is 60.0 Å². The van der Waals surface area contributed by atoms with Crippen LogP contribution in [-0.2, 0) is 19.6 Å². The second-order valence-corrected chi connectivity index (χ2v) is 10.8. The Balaban J connectivity index is 1.27. The molecule has 38 heavy (non-hydrogen) atoms. The van der Waals surface area contributed by atoms with Crippen LogP contribution < -0.4 is 10.6 Å². The van der Waals surface area contributed by atoms with Crippen molar-refractivity contribution < 1.29 is 5.11 Å². The lowest BCUT2D eigenvalue weighted by molar-refractivity contribution is 0.279.